The van der Waals surface area contributed by atoms with Crippen molar-refractivity contribution in [1.29, 1.82) is 0 Å². The smallest absolute Gasteiger partial charge is 0.314 e. The molecule has 0 saturated carbocycles. The Morgan fingerprint density at radius 3 is 2.42 bits per heavy atom. The zero-order chi connectivity index (χ0) is 17.7. The van der Waals surface area contributed by atoms with Gasteiger partial charge in [-0.1, -0.05) is 17.3 Å². The van der Waals surface area contributed by atoms with Crippen molar-refractivity contribution in [2.45, 2.75) is 18.2 Å². The van der Waals surface area contributed by atoms with E-state index in [1.54, 1.807) is 19.1 Å². The maximum Gasteiger partial charge on any atom is 0.314 e. The number of aromatic nitrogens is 1. The summed E-state index contributed by atoms with van der Waals surface area (Å²) in [5.74, 6) is -0.996. The first kappa shape index (κ1) is 17.6. The minimum atomic E-state index is -3.73. The topological polar surface area (TPSA) is 144 Å². The van der Waals surface area contributed by atoms with Crippen LogP contribution in [0.25, 0.3) is 0 Å². The lowest BCUT2D eigenvalue weighted by atomic mass is 10.1. The Morgan fingerprint density at radius 2 is 1.88 bits per heavy atom. The summed E-state index contributed by atoms with van der Waals surface area (Å²) in [4.78, 5) is 23.3. The molecule has 0 aliphatic rings. The average molecular weight is 352 g/mol. The van der Waals surface area contributed by atoms with E-state index < -0.39 is 21.8 Å². The van der Waals surface area contributed by atoms with Gasteiger partial charge in [0.2, 0.25) is 10.0 Å². The Labute approximate surface area is 138 Å². The van der Waals surface area contributed by atoms with Crippen LogP contribution < -0.4 is 15.8 Å². The molecular formula is C14H16N4O5S. The first-order valence-electron chi connectivity index (χ1n) is 6.90. The van der Waals surface area contributed by atoms with Crippen LogP contribution in [0.15, 0.2) is 39.8 Å². The normalized spacial score (nSPS) is 11.1. The van der Waals surface area contributed by atoms with Gasteiger partial charge in [-0.2, -0.15) is 0 Å². The van der Waals surface area contributed by atoms with E-state index in [2.05, 4.69) is 15.8 Å². The highest BCUT2D eigenvalue weighted by Crippen LogP contribution is 2.09. The molecule has 0 unspecified atom stereocenters. The van der Waals surface area contributed by atoms with Crippen LogP contribution in [0.4, 0.5) is 5.82 Å². The Morgan fingerprint density at radius 1 is 1.21 bits per heavy atom. The molecule has 0 saturated heterocycles. The lowest BCUT2D eigenvalue weighted by Gasteiger charge is -2.05. The van der Waals surface area contributed by atoms with Crippen molar-refractivity contribution in [2.75, 3.05) is 11.9 Å². The molecule has 2 aromatic rings. The molecule has 0 aliphatic carbocycles. The maximum atomic E-state index is 11.7. The highest BCUT2D eigenvalue weighted by molar-refractivity contribution is 7.89. The van der Waals surface area contributed by atoms with E-state index in [9.17, 15) is 18.0 Å². The number of nitrogens with one attached hydrogen (secondary N) is 2. The number of rotatable bonds is 5. The highest BCUT2D eigenvalue weighted by Gasteiger charge is 2.15. The predicted molar refractivity (Wildman–Crippen MR) is 84.4 cm³/mol. The number of sulfonamides is 1. The molecule has 0 aliphatic heterocycles. The molecule has 1 aromatic heterocycles. The summed E-state index contributed by atoms with van der Waals surface area (Å²) in [5.41, 5.74) is 0.787. The van der Waals surface area contributed by atoms with Crippen molar-refractivity contribution >= 4 is 27.7 Å². The number of carbonyl (C=O) groups is 2. The third-order valence-electron chi connectivity index (χ3n) is 3.03. The largest absolute Gasteiger partial charge is 0.360 e. The van der Waals surface area contributed by atoms with Gasteiger partial charge in [0, 0.05) is 12.6 Å². The van der Waals surface area contributed by atoms with Crippen LogP contribution in [0.3, 0.4) is 0 Å². The second-order valence-electron chi connectivity index (χ2n) is 4.97. The van der Waals surface area contributed by atoms with E-state index in [4.69, 9.17) is 9.66 Å². The summed E-state index contributed by atoms with van der Waals surface area (Å²) in [7, 11) is -3.73. The third kappa shape index (κ3) is 4.89. The fraction of sp³-hybridized carbons (Fsp3) is 0.214. The second-order valence-corrected chi connectivity index (χ2v) is 6.53. The monoisotopic (exact) mass is 352 g/mol. The molecule has 0 bridgehead atoms. The van der Waals surface area contributed by atoms with E-state index in [0.29, 0.717) is 12.2 Å². The summed E-state index contributed by atoms with van der Waals surface area (Å²) in [6.07, 6.45) is 0.424. The number of nitrogens with zero attached hydrogens (tertiary/aromatic N) is 1. The van der Waals surface area contributed by atoms with Gasteiger partial charge in [-0.15, -0.1) is 0 Å². The number of primary sulfonamides is 1. The van der Waals surface area contributed by atoms with Crippen LogP contribution in [-0.4, -0.2) is 31.9 Å². The van der Waals surface area contributed by atoms with Gasteiger partial charge in [-0.25, -0.2) is 13.6 Å². The summed E-state index contributed by atoms with van der Waals surface area (Å²) in [6.45, 7) is 1.86. The Hall–Kier alpha value is -2.72. The molecule has 2 amide bonds. The van der Waals surface area contributed by atoms with Crippen LogP contribution in [0.2, 0.25) is 0 Å². The van der Waals surface area contributed by atoms with Crippen LogP contribution in [0.1, 0.15) is 11.3 Å². The van der Waals surface area contributed by atoms with Crippen LogP contribution in [-0.2, 0) is 26.0 Å². The zero-order valence-electron chi connectivity index (χ0n) is 12.8. The van der Waals surface area contributed by atoms with Gasteiger partial charge in [0.1, 0.15) is 5.76 Å². The molecule has 24 heavy (non-hydrogen) atoms. The van der Waals surface area contributed by atoms with Crippen molar-refractivity contribution < 1.29 is 22.5 Å². The van der Waals surface area contributed by atoms with E-state index in [1.165, 1.54) is 18.2 Å². The molecule has 2 rings (SSSR count). The second kappa shape index (κ2) is 7.23. The first-order chi connectivity index (χ1) is 11.3. The summed E-state index contributed by atoms with van der Waals surface area (Å²) < 4.78 is 27.0. The van der Waals surface area contributed by atoms with Gasteiger partial charge in [-0.05, 0) is 31.0 Å². The van der Waals surface area contributed by atoms with Gasteiger partial charge in [0.05, 0.1) is 4.90 Å². The summed E-state index contributed by atoms with van der Waals surface area (Å²) in [5, 5.41) is 13.3. The Balaban J connectivity index is 1.80. The lowest BCUT2D eigenvalue weighted by Crippen LogP contribution is -2.36. The minimum absolute atomic E-state index is 0.0116. The van der Waals surface area contributed by atoms with E-state index >= 15 is 0 Å². The van der Waals surface area contributed by atoms with Gasteiger partial charge in [-0.3, -0.25) is 14.9 Å². The zero-order valence-corrected chi connectivity index (χ0v) is 13.6. The molecule has 4 N–H and O–H groups in total. The molecular weight excluding hydrogens is 336 g/mol. The van der Waals surface area contributed by atoms with Crippen molar-refractivity contribution in [3.8, 4) is 0 Å². The number of hydrogen-bond acceptors (Lipinski definition) is 6. The highest BCUT2D eigenvalue weighted by atomic mass is 32.2. The third-order valence-corrected chi connectivity index (χ3v) is 3.96. The average Bonchev–Trinajstić information content (AvgIpc) is 2.91. The fourth-order valence-electron chi connectivity index (χ4n) is 1.84. The number of nitrogens with two attached hydrogens (primary N) is 1. The molecule has 0 radical (unpaired) electrons. The predicted octanol–water partition coefficient (Wildman–Crippen LogP) is -0.0722. The SMILES string of the molecule is Cc1cc(NC(=O)C(=O)NCCc2ccc(S(N)(=O)=O)cc2)no1. The van der Waals surface area contributed by atoms with Crippen LogP contribution in [0, 0.1) is 6.92 Å². The minimum Gasteiger partial charge on any atom is -0.360 e. The quantitative estimate of drug-likeness (QED) is 0.642. The molecule has 128 valence electrons. The van der Waals surface area contributed by atoms with E-state index in [0.717, 1.165) is 5.56 Å². The number of anilines is 1. The molecule has 0 atom stereocenters. The molecule has 9 nitrogen and oxygen atoms in total. The number of carbonyl (C=O) groups excluding carboxylic acids is 2. The van der Waals surface area contributed by atoms with E-state index in [1.807, 2.05) is 0 Å². The van der Waals surface area contributed by atoms with Crippen molar-refractivity contribution in [1.82, 2.24) is 10.5 Å². The maximum absolute atomic E-state index is 11.7. The van der Waals surface area contributed by atoms with Crippen molar-refractivity contribution in [3.05, 3.63) is 41.7 Å². The number of amides is 2. The van der Waals surface area contributed by atoms with Crippen molar-refractivity contribution in [3.63, 3.8) is 0 Å². The van der Waals surface area contributed by atoms with Crippen molar-refractivity contribution in [2.24, 2.45) is 5.14 Å². The number of benzene rings is 1. The van der Waals surface area contributed by atoms with Gasteiger partial charge in [0.25, 0.3) is 0 Å². The molecule has 0 spiro atoms. The summed E-state index contributed by atoms with van der Waals surface area (Å²) >= 11 is 0. The molecule has 1 heterocycles. The molecule has 10 heteroatoms. The van der Waals surface area contributed by atoms with Gasteiger partial charge < -0.3 is 9.84 Å². The fourth-order valence-corrected chi connectivity index (χ4v) is 2.36. The lowest BCUT2D eigenvalue weighted by molar-refractivity contribution is -0.136. The molecule has 0 fully saturated rings. The number of hydrogen-bond donors (Lipinski definition) is 3. The van der Waals surface area contributed by atoms with Gasteiger partial charge in [0.15, 0.2) is 5.82 Å². The Kier molecular flexibility index (Phi) is 5.31. The Bertz CT molecular complexity index is 842. The number of aryl methyl sites for hydroxylation is 1. The first-order valence-corrected chi connectivity index (χ1v) is 8.44. The van der Waals surface area contributed by atoms with E-state index in [-0.39, 0.29) is 17.3 Å². The summed E-state index contributed by atoms with van der Waals surface area (Å²) in [6, 6.07) is 7.42. The van der Waals surface area contributed by atoms with Crippen LogP contribution >= 0.6 is 0 Å². The van der Waals surface area contributed by atoms with Gasteiger partial charge >= 0.3 is 11.8 Å². The van der Waals surface area contributed by atoms with Crippen LogP contribution in [0.5, 0.6) is 0 Å². The molecule has 1 aromatic carbocycles. The standard InChI is InChI=1S/C14H16N4O5S/c1-9-8-12(18-23-9)17-14(20)13(19)16-7-6-10-2-4-11(5-3-10)24(15,21)22/h2-5,8H,6-7H2,1H3,(H,16,19)(H2,15,21,22)(H,17,18,20).